The van der Waals surface area contributed by atoms with Crippen LogP contribution in [0.25, 0.3) is 0 Å². The van der Waals surface area contributed by atoms with Crippen molar-refractivity contribution >= 4 is 5.71 Å². The van der Waals surface area contributed by atoms with Crippen molar-refractivity contribution in [2.75, 3.05) is 0 Å². The summed E-state index contributed by atoms with van der Waals surface area (Å²) >= 11 is 0. The molecule has 0 saturated heterocycles. The van der Waals surface area contributed by atoms with Crippen molar-refractivity contribution in [2.24, 2.45) is 34.5 Å². The second kappa shape index (κ2) is 4.66. The fourth-order valence-electron chi connectivity index (χ4n) is 6.58. The molecule has 2 N–H and O–H groups in total. The summed E-state index contributed by atoms with van der Waals surface area (Å²) in [6.45, 7) is 4.51. The Morgan fingerprint density at radius 1 is 1.18 bits per heavy atom. The molecule has 4 aliphatic carbocycles. The van der Waals surface area contributed by atoms with Gasteiger partial charge in [-0.15, -0.1) is 0 Å². The van der Waals surface area contributed by atoms with E-state index in [0.29, 0.717) is 35.8 Å². The minimum atomic E-state index is -1.01. The fraction of sp³-hybridized carbons (Fsp3) is 0.842. The van der Waals surface area contributed by atoms with Crippen molar-refractivity contribution in [1.29, 1.82) is 5.41 Å². The van der Waals surface area contributed by atoms with Gasteiger partial charge in [-0.05, 0) is 67.6 Å². The highest BCUT2D eigenvalue weighted by Gasteiger charge is 2.60. The molecule has 0 spiro atoms. The van der Waals surface area contributed by atoms with Crippen LogP contribution in [0.2, 0.25) is 0 Å². The van der Waals surface area contributed by atoms with Gasteiger partial charge in [-0.25, -0.2) is 4.39 Å². The number of hydrogen-bond donors (Lipinski definition) is 2. The topological polar surface area (TPSA) is 44.1 Å². The Balaban J connectivity index is 1.68. The number of aliphatic hydroxyl groups is 1. The summed E-state index contributed by atoms with van der Waals surface area (Å²) in [5.41, 5.74) is 0.347. The SMILES string of the molecule is C[C@]12C=CC(O)CC1CC[C@@H]1[C@H]2CC[C@]2(C)C(=N)C(F)C[C@@H]12. The number of aliphatic hydroxyl groups excluding tert-OH is 1. The van der Waals surface area contributed by atoms with E-state index in [-0.39, 0.29) is 16.9 Å². The summed E-state index contributed by atoms with van der Waals surface area (Å²) in [7, 11) is 0. The van der Waals surface area contributed by atoms with Crippen molar-refractivity contribution in [2.45, 2.75) is 64.6 Å². The normalized spacial score (nSPS) is 57.2. The molecule has 0 radical (unpaired) electrons. The number of hydrogen-bond acceptors (Lipinski definition) is 2. The molecule has 0 bridgehead atoms. The van der Waals surface area contributed by atoms with E-state index in [0.717, 1.165) is 32.1 Å². The highest BCUT2D eigenvalue weighted by atomic mass is 19.1. The van der Waals surface area contributed by atoms with Crippen molar-refractivity contribution in [3.05, 3.63) is 12.2 Å². The zero-order valence-electron chi connectivity index (χ0n) is 13.7. The van der Waals surface area contributed by atoms with Gasteiger partial charge in [-0.3, -0.25) is 0 Å². The van der Waals surface area contributed by atoms with Crippen molar-refractivity contribution in [3.63, 3.8) is 0 Å². The van der Waals surface area contributed by atoms with Gasteiger partial charge in [0.05, 0.1) is 6.10 Å². The van der Waals surface area contributed by atoms with Crippen molar-refractivity contribution < 1.29 is 9.50 Å². The third kappa shape index (κ3) is 1.78. The molecule has 0 amide bonds. The number of rotatable bonds is 0. The van der Waals surface area contributed by atoms with E-state index in [1.807, 2.05) is 6.08 Å². The quantitative estimate of drug-likeness (QED) is 0.649. The molecule has 0 heterocycles. The van der Waals surface area contributed by atoms with Crippen LogP contribution in [0, 0.1) is 39.9 Å². The van der Waals surface area contributed by atoms with Crippen LogP contribution in [-0.2, 0) is 0 Å². The first-order valence-electron chi connectivity index (χ1n) is 8.96. The number of halogens is 1. The van der Waals surface area contributed by atoms with Crippen LogP contribution in [-0.4, -0.2) is 23.1 Å². The van der Waals surface area contributed by atoms with Crippen LogP contribution in [0.1, 0.15) is 52.4 Å². The lowest BCUT2D eigenvalue weighted by Gasteiger charge is -2.58. The predicted octanol–water partition coefficient (Wildman–Crippen LogP) is 4.13. The molecular weight excluding hydrogens is 277 g/mol. The molecule has 0 aliphatic heterocycles. The number of nitrogens with one attached hydrogen (secondary N) is 1. The summed E-state index contributed by atoms with van der Waals surface area (Å²) in [6.07, 6.45) is 8.82. The zero-order valence-corrected chi connectivity index (χ0v) is 13.7. The molecule has 122 valence electrons. The summed E-state index contributed by atoms with van der Waals surface area (Å²) in [4.78, 5) is 0. The Labute approximate surface area is 132 Å². The van der Waals surface area contributed by atoms with Gasteiger partial charge < -0.3 is 10.5 Å². The third-order valence-corrected chi connectivity index (χ3v) is 7.95. The van der Waals surface area contributed by atoms with Crippen molar-refractivity contribution in [3.8, 4) is 0 Å². The summed E-state index contributed by atoms with van der Waals surface area (Å²) < 4.78 is 14.2. The van der Waals surface area contributed by atoms with Gasteiger partial charge in [0, 0.05) is 11.1 Å². The van der Waals surface area contributed by atoms with E-state index in [2.05, 4.69) is 19.9 Å². The molecule has 3 unspecified atom stereocenters. The van der Waals surface area contributed by atoms with Gasteiger partial charge in [-0.1, -0.05) is 26.0 Å². The average molecular weight is 305 g/mol. The Hall–Kier alpha value is -0.700. The van der Waals surface area contributed by atoms with Crippen molar-refractivity contribution in [1.82, 2.24) is 0 Å². The minimum Gasteiger partial charge on any atom is -0.389 e. The lowest BCUT2D eigenvalue weighted by molar-refractivity contribution is -0.0656. The van der Waals surface area contributed by atoms with Gasteiger partial charge in [0.2, 0.25) is 0 Å². The molecule has 0 aromatic carbocycles. The maximum atomic E-state index is 14.2. The second-order valence-electron chi connectivity index (χ2n) is 8.75. The van der Waals surface area contributed by atoms with E-state index >= 15 is 0 Å². The molecule has 3 saturated carbocycles. The Kier molecular flexibility index (Phi) is 3.15. The van der Waals surface area contributed by atoms with E-state index in [1.54, 1.807) is 0 Å². The summed E-state index contributed by atoms with van der Waals surface area (Å²) in [5.74, 6) is 2.08. The third-order valence-electron chi connectivity index (χ3n) is 7.95. The summed E-state index contributed by atoms with van der Waals surface area (Å²) in [5, 5.41) is 18.2. The lowest BCUT2D eigenvalue weighted by Crippen LogP contribution is -2.52. The van der Waals surface area contributed by atoms with Gasteiger partial charge in [0.1, 0.15) is 6.17 Å². The first-order valence-corrected chi connectivity index (χ1v) is 8.96. The molecule has 2 nitrogen and oxygen atoms in total. The molecule has 22 heavy (non-hydrogen) atoms. The van der Waals surface area contributed by atoms with Crippen LogP contribution >= 0.6 is 0 Å². The van der Waals surface area contributed by atoms with E-state index in [4.69, 9.17) is 5.41 Å². The molecule has 4 aliphatic rings. The maximum absolute atomic E-state index is 14.2. The maximum Gasteiger partial charge on any atom is 0.138 e. The number of allylic oxidation sites excluding steroid dienone is 1. The average Bonchev–Trinajstić information content (AvgIpc) is 2.72. The standard InChI is InChI=1S/C19H28FNO/c1-18-7-5-12(22)9-11(18)3-4-13-14(18)6-8-19(2)15(13)10-16(20)17(19)21/h5,7,11-16,21-22H,3-4,6,8-10H2,1-2H3/t11?,12?,13-,14-,15+,16?,18+,19+/m1/s1. The van der Waals surface area contributed by atoms with Gasteiger partial charge >= 0.3 is 0 Å². The molecule has 0 aromatic rings. The molecule has 0 aromatic heterocycles. The largest absolute Gasteiger partial charge is 0.389 e. The van der Waals surface area contributed by atoms with Gasteiger partial charge in [0.25, 0.3) is 0 Å². The van der Waals surface area contributed by atoms with Crippen LogP contribution < -0.4 is 0 Å². The van der Waals surface area contributed by atoms with Gasteiger partial charge in [0.15, 0.2) is 0 Å². The predicted molar refractivity (Wildman–Crippen MR) is 85.6 cm³/mol. The molecular formula is C19H28FNO. The van der Waals surface area contributed by atoms with Crippen LogP contribution in [0.3, 0.4) is 0 Å². The fourth-order valence-corrected chi connectivity index (χ4v) is 6.58. The molecule has 4 rings (SSSR count). The van der Waals surface area contributed by atoms with Gasteiger partial charge in [-0.2, -0.15) is 0 Å². The van der Waals surface area contributed by atoms with Crippen LogP contribution in [0.5, 0.6) is 0 Å². The monoisotopic (exact) mass is 305 g/mol. The highest BCUT2D eigenvalue weighted by molar-refractivity contribution is 5.93. The molecule has 8 atom stereocenters. The first-order chi connectivity index (χ1) is 10.4. The molecule has 3 heteroatoms. The number of fused-ring (bicyclic) bond motifs is 5. The van der Waals surface area contributed by atoms with Crippen LogP contribution in [0.15, 0.2) is 12.2 Å². The zero-order chi connectivity index (χ0) is 15.7. The highest BCUT2D eigenvalue weighted by Crippen LogP contribution is 2.64. The number of alkyl halides is 1. The minimum absolute atomic E-state index is 0.167. The first kappa shape index (κ1) is 14.9. The summed E-state index contributed by atoms with van der Waals surface area (Å²) in [6, 6.07) is 0. The second-order valence-corrected chi connectivity index (χ2v) is 8.75. The smallest absolute Gasteiger partial charge is 0.138 e. The Morgan fingerprint density at radius 3 is 2.73 bits per heavy atom. The van der Waals surface area contributed by atoms with E-state index in [1.165, 1.54) is 0 Å². The Bertz CT molecular complexity index is 532. The van der Waals surface area contributed by atoms with Crippen LogP contribution in [0.4, 0.5) is 4.39 Å². The Morgan fingerprint density at radius 2 is 1.95 bits per heavy atom. The van der Waals surface area contributed by atoms with E-state index in [9.17, 15) is 9.50 Å². The van der Waals surface area contributed by atoms with E-state index < -0.39 is 6.17 Å². The lowest BCUT2D eigenvalue weighted by atomic mass is 9.46. The molecule has 3 fully saturated rings.